The first-order valence-corrected chi connectivity index (χ1v) is 11.4. The number of rotatable bonds is 5. The van der Waals surface area contributed by atoms with Gasteiger partial charge in [0.05, 0.1) is 36.8 Å². The second-order valence-corrected chi connectivity index (χ2v) is 8.58. The average molecular weight is 443 g/mol. The average Bonchev–Trinajstić information content (AvgIpc) is 3.26. The molecule has 32 heavy (non-hydrogen) atoms. The Morgan fingerprint density at radius 1 is 1.12 bits per heavy atom. The van der Waals surface area contributed by atoms with E-state index in [1.54, 1.807) is 17.4 Å². The molecular formula is C25H22N4O2S. The Morgan fingerprint density at radius 2 is 1.94 bits per heavy atom. The molecule has 6 nitrogen and oxygen atoms in total. The summed E-state index contributed by atoms with van der Waals surface area (Å²) >= 11 is 1.60. The fourth-order valence-corrected chi connectivity index (χ4v) is 4.78. The van der Waals surface area contributed by atoms with E-state index in [4.69, 9.17) is 19.4 Å². The molecular weight excluding hydrogens is 420 g/mol. The Morgan fingerprint density at radius 3 is 2.69 bits per heavy atom. The van der Waals surface area contributed by atoms with Gasteiger partial charge in [-0.3, -0.25) is 4.90 Å². The molecule has 3 heterocycles. The van der Waals surface area contributed by atoms with E-state index in [0.717, 1.165) is 59.0 Å². The topological polar surface area (TPSA) is 71.3 Å². The van der Waals surface area contributed by atoms with Crippen molar-refractivity contribution in [3.8, 4) is 28.8 Å². The van der Waals surface area contributed by atoms with Crippen molar-refractivity contribution in [1.29, 1.82) is 5.26 Å². The minimum Gasteiger partial charge on any atom is -0.438 e. The van der Waals surface area contributed by atoms with Crippen LogP contribution in [0.1, 0.15) is 17.0 Å². The molecule has 1 aliphatic rings. The molecule has 0 N–H and O–H groups in total. The van der Waals surface area contributed by atoms with Crippen LogP contribution in [0, 0.1) is 18.3 Å². The van der Waals surface area contributed by atoms with Gasteiger partial charge in [0.15, 0.2) is 0 Å². The molecule has 0 radical (unpaired) electrons. The van der Waals surface area contributed by atoms with Gasteiger partial charge in [-0.2, -0.15) is 10.2 Å². The van der Waals surface area contributed by atoms with Crippen molar-refractivity contribution < 1.29 is 9.47 Å². The van der Waals surface area contributed by atoms with Crippen LogP contribution in [-0.4, -0.2) is 41.2 Å². The van der Waals surface area contributed by atoms with Crippen LogP contribution >= 0.6 is 11.3 Å². The van der Waals surface area contributed by atoms with Crippen LogP contribution in [0.25, 0.3) is 21.3 Å². The molecule has 7 heteroatoms. The summed E-state index contributed by atoms with van der Waals surface area (Å²) in [7, 11) is 0. The Balaban J connectivity index is 1.59. The summed E-state index contributed by atoms with van der Waals surface area (Å²) in [6, 6.07) is 17.8. The standard InChI is InChI=1S/C25H22N4O2S/c1-17-13-18(14-26)7-8-21(17)31-24-23-20(19-5-3-2-4-6-19)16-32-25(23)28-22(27-24)15-29-9-11-30-12-10-29/h2-8,13,16H,9-12,15H2,1H3. The number of hydrogen-bond donors (Lipinski definition) is 0. The molecule has 1 aliphatic heterocycles. The van der Waals surface area contributed by atoms with E-state index in [9.17, 15) is 5.26 Å². The van der Waals surface area contributed by atoms with E-state index in [2.05, 4.69) is 28.5 Å². The number of fused-ring (bicyclic) bond motifs is 1. The number of nitrogens with zero attached hydrogens (tertiary/aromatic N) is 4. The van der Waals surface area contributed by atoms with E-state index >= 15 is 0 Å². The van der Waals surface area contributed by atoms with Crippen molar-refractivity contribution >= 4 is 21.6 Å². The summed E-state index contributed by atoms with van der Waals surface area (Å²) in [5.41, 5.74) is 3.66. The molecule has 1 fully saturated rings. The highest BCUT2D eigenvalue weighted by Crippen LogP contribution is 2.40. The third-order valence-corrected chi connectivity index (χ3v) is 6.38. The van der Waals surface area contributed by atoms with E-state index in [-0.39, 0.29) is 0 Å². The molecule has 160 valence electrons. The predicted octanol–water partition coefficient (Wildman–Crippen LogP) is 5.16. The molecule has 0 aliphatic carbocycles. The molecule has 0 bridgehead atoms. The van der Waals surface area contributed by atoms with Gasteiger partial charge in [-0.1, -0.05) is 30.3 Å². The van der Waals surface area contributed by atoms with Gasteiger partial charge in [-0.15, -0.1) is 11.3 Å². The minimum absolute atomic E-state index is 0.547. The lowest BCUT2D eigenvalue weighted by molar-refractivity contribution is 0.0330. The van der Waals surface area contributed by atoms with Crippen LogP contribution in [0.15, 0.2) is 53.9 Å². The van der Waals surface area contributed by atoms with Crippen molar-refractivity contribution in [1.82, 2.24) is 14.9 Å². The lowest BCUT2D eigenvalue weighted by Gasteiger charge is -2.25. The number of aryl methyl sites for hydroxylation is 1. The number of morpholine rings is 1. The third-order valence-electron chi connectivity index (χ3n) is 5.51. The lowest BCUT2D eigenvalue weighted by atomic mass is 10.1. The van der Waals surface area contributed by atoms with Crippen molar-refractivity contribution in [2.24, 2.45) is 0 Å². The highest BCUT2D eigenvalue weighted by atomic mass is 32.1. The molecule has 2 aromatic heterocycles. The maximum absolute atomic E-state index is 9.19. The van der Waals surface area contributed by atoms with Gasteiger partial charge >= 0.3 is 0 Å². The molecule has 5 rings (SSSR count). The molecule has 0 atom stereocenters. The normalized spacial score (nSPS) is 14.4. The highest BCUT2D eigenvalue weighted by Gasteiger charge is 2.20. The Bertz CT molecular complexity index is 1290. The van der Waals surface area contributed by atoms with Crippen LogP contribution in [0.2, 0.25) is 0 Å². The quantitative estimate of drug-likeness (QED) is 0.425. The number of thiophene rings is 1. The third kappa shape index (κ3) is 4.21. The zero-order valence-corrected chi connectivity index (χ0v) is 18.6. The highest BCUT2D eigenvalue weighted by molar-refractivity contribution is 7.17. The summed E-state index contributed by atoms with van der Waals surface area (Å²) in [6.45, 7) is 5.79. The summed E-state index contributed by atoms with van der Waals surface area (Å²) in [5.74, 6) is 1.97. The first kappa shape index (κ1) is 20.6. The van der Waals surface area contributed by atoms with E-state index in [0.29, 0.717) is 23.7 Å². The Labute approximate surface area is 190 Å². The molecule has 0 saturated carbocycles. The van der Waals surface area contributed by atoms with E-state index in [1.807, 2.05) is 37.3 Å². The summed E-state index contributed by atoms with van der Waals surface area (Å²) in [6.07, 6.45) is 0. The SMILES string of the molecule is Cc1cc(C#N)ccc1Oc1nc(CN2CCOCC2)nc2scc(-c3ccccc3)c12. The smallest absolute Gasteiger partial charge is 0.232 e. The summed E-state index contributed by atoms with van der Waals surface area (Å²) in [4.78, 5) is 12.9. The van der Waals surface area contributed by atoms with Crippen molar-refractivity contribution in [3.05, 3.63) is 70.9 Å². The maximum atomic E-state index is 9.19. The van der Waals surface area contributed by atoms with Gasteiger partial charge < -0.3 is 9.47 Å². The molecule has 0 amide bonds. The van der Waals surface area contributed by atoms with Gasteiger partial charge in [-0.05, 0) is 36.2 Å². The largest absolute Gasteiger partial charge is 0.438 e. The maximum Gasteiger partial charge on any atom is 0.232 e. The van der Waals surface area contributed by atoms with Gasteiger partial charge in [0.25, 0.3) is 0 Å². The molecule has 1 saturated heterocycles. The van der Waals surface area contributed by atoms with Crippen LogP contribution in [0.5, 0.6) is 11.6 Å². The van der Waals surface area contributed by atoms with Crippen molar-refractivity contribution in [3.63, 3.8) is 0 Å². The van der Waals surface area contributed by atoms with Crippen molar-refractivity contribution in [2.75, 3.05) is 26.3 Å². The molecule has 2 aromatic carbocycles. The number of benzene rings is 2. The second kappa shape index (κ2) is 9.05. The molecule has 0 spiro atoms. The monoisotopic (exact) mass is 442 g/mol. The van der Waals surface area contributed by atoms with Crippen LogP contribution in [-0.2, 0) is 11.3 Å². The first-order valence-electron chi connectivity index (χ1n) is 10.5. The Hall–Kier alpha value is -3.31. The first-order chi connectivity index (χ1) is 15.7. The number of ether oxygens (including phenoxy) is 2. The van der Waals surface area contributed by atoms with E-state index < -0.39 is 0 Å². The number of aromatic nitrogens is 2. The van der Waals surface area contributed by atoms with Gasteiger partial charge in [0, 0.05) is 24.0 Å². The fraction of sp³-hybridized carbons (Fsp3) is 0.240. The Kier molecular flexibility index (Phi) is 5.82. The van der Waals surface area contributed by atoms with Crippen LogP contribution < -0.4 is 4.74 Å². The molecule has 4 aromatic rings. The minimum atomic E-state index is 0.547. The van der Waals surface area contributed by atoms with Gasteiger partial charge in [-0.25, -0.2) is 4.98 Å². The second-order valence-electron chi connectivity index (χ2n) is 7.72. The molecule has 0 unspecified atom stereocenters. The number of hydrogen-bond acceptors (Lipinski definition) is 7. The zero-order valence-electron chi connectivity index (χ0n) is 17.7. The number of nitriles is 1. The van der Waals surface area contributed by atoms with Gasteiger partial charge in [0.2, 0.25) is 5.88 Å². The predicted molar refractivity (Wildman–Crippen MR) is 125 cm³/mol. The van der Waals surface area contributed by atoms with Crippen molar-refractivity contribution in [2.45, 2.75) is 13.5 Å². The van der Waals surface area contributed by atoms with Crippen LogP contribution in [0.4, 0.5) is 0 Å². The summed E-state index contributed by atoms with van der Waals surface area (Å²) < 4.78 is 11.8. The van der Waals surface area contributed by atoms with Gasteiger partial charge in [0.1, 0.15) is 16.4 Å². The lowest BCUT2D eigenvalue weighted by Crippen LogP contribution is -2.36. The van der Waals surface area contributed by atoms with Crippen LogP contribution in [0.3, 0.4) is 0 Å². The fourth-order valence-electron chi connectivity index (χ4n) is 3.82. The summed E-state index contributed by atoms with van der Waals surface area (Å²) in [5, 5.41) is 12.2. The zero-order chi connectivity index (χ0) is 21.9. The van der Waals surface area contributed by atoms with E-state index in [1.165, 1.54) is 0 Å².